The van der Waals surface area contributed by atoms with Crippen molar-refractivity contribution in [3.8, 4) is 11.3 Å². The van der Waals surface area contributed by atoms with E-state index in [0.717, 1.165) is 33.7 Å². The number of sulfone groups is 1. The van der Waals surface area contributed by atoms with Crippen molar-refractivity contribution in [2.24, 2.45) is 0 Å². The van der Waals surface area contributed by atoms with Gasteiger partial charge in [0.05, 0.1) is 16.8 Å². The van der Waals surface area contributed by atoms with E-state index < -0.39 is 14.8 Å². The minimum Gasteiger partial charge on any atom is -0.258 e. The summed E-state index contributed by atoms with van der Waals surface area (Å²) in [6.07, 6.45) is 5.39. The Morgan fingerprint density at radius 1 is 1.05 bits per heavy atom. The maximum atomic E-state index is 12.3. The summed E-state index contributed by atoms with van der Waals surface area (Å²) in [5, 5.41) is 17.0. The van der Waals surface area contributed by atoms with Crippen molar-refractivity contribution in [1.29, 1.82) is 0 Å². The molecule has 11 heteroatoms. The molecular formula is C26H24N6O4S. The fraction of sp³-hybridized carbons (Fsp3) is 0.231. The highest BCUT2D eigenvalue weighted by Gasteiger charge is 2.20. The van der Waals surface area contributed by atoms with Crippen molar-refractivity contribution < 1.29 is 13.3 Å². The first-order chi connectivity index (χ1) is 17.6. The van der Waals surface area contributed by atoms with E-state index in [0.29, 0.717) is 30.0 Å². The van der Waals surface area contributed by atoms with Crippen molar-refractivity contribution in [2.75, 3.05) is 6.26 Å². The van der Waals surface area contributed by atoms with Gasteiger partial charge in [-0.25, -0.2) is 17.9 Å². The lowest BCUT2D eigenvalue weighted by Gasteiger charge is -2.12. The van der Waals surface area contributed by atoms with Crippen LogP contribution in [0.4, 0.5) is 5.69 Å². The van der Waals surface area contributed by atoms with Gasteiger partial charge in [0, 0.05) is 47.5 Å². The molecule has 0 fully saturated rings. The number of aromatic nitrogens is 5. The zero-order valence-corrected chi connectivity index (χ0v) is 21.3. The summed E-state index contributed by atoms with van der Waals surface area (Å²) >= 11 is 0. The van der Waals surface area contributed by atoms with Crippen LogP contribution in [-0.4, -0.2) is 44.2 Å². The Morgan fingerprint density at radius 2 is 1.84 bits per heavy atom. The quantitative estimate of drug-likeness (QED) is 0.227. The van der Waals surface area contributed by atoms with Gasteiger partial charge in [-0.3, -0.25) is 15.1 Å². The van der Waals surface area contributed by atoms with Crippen LogP contribution in [0.15, 0.2) is 66.1 Å². The molecule has 0 aliphatic carbocycles. The Kier molecular flexibility index (Phi) is 6.16. The molecule has 5 rings (SSSR count). The number of nitro groups is 1. The first-order valence-electron chi connectivity index (χ1n) is 11.7. The lowest BCUT2D eigenvalue weighted by Crippen LogP contribution is -2.13. The van der Waals surface area contributed by atoms with Crippen LogP contribution in [0.25, 0.3) is 27.7 Å². The van der Waals surface area contributed by atoms with Gasteiger partial charge in [0.2, 0.25) is 9.84 Å². The SMILES string of the molecule is CC(C)c1cnn2c(CCc3ccccc3-c3nccc4cc([N+](=O)[O-])ccc34)nc(S(C)(=O)=O)nc12. The fourth-order valence-corrected chi connectivity index (χ4v) is 4.90. The first kappa shape index (κ1) is 24.4. The van der Waals surface area contributed by atoms with Gasteiger partial charge in [-0.15, -0.1) is 0 Å². The van der Waals surface area contributed by atoms with Crippen LogP contribution in [0.1, 0.15) is 36.7 Å². The van der Waals surface area contributed by atoms with Crippen molar-refractivity contribution in [1.82, 2.24) is 24.6 Å². The Labute approximate surface area is 213 Å². The van der Waals surface area contributed by atoms with E-state index in [1.165, 1.54) is 12.1 Å². The van der Waals surface area contributed by atoms with Crippen molar-refractivity contribution in [3.05, 3.63) is 88.0 Å². The number of hydrogen-bond acceptors (Lipinski definition) is 8. The highest BCUT2D eigenvalue weighted by molar-refractivity contribution is 7.90. The number of aryl methyl sites for hydroxylation is 2. The molecule has 188 valence electrons. The van der Waals surface area contributed by atoms with Crippen LogP contribution >= 0.6 is 0 Å². The highest BCUT2D eigenvalue weighted by Crippen LogP contribution is 2.32. The van der Waals surface area contributed by atoms with Gasteiger partial charge in [-0.05, 0) is 35.4 Å². The molecule has 0 saturated carbocycles. The average molecular weight is 517 g/mol. The van der Waals surface area contributed by atoms with Crippen molar-refractivity contribution in [2.45, 2.75) is 37.8 Å². The summed E-state index contributed by atoms with van der Waals surface area (Å²) in [6, 6.07) is 14.3. The van der Waals surface area contributed by atoms with Crippen LogP contribution in [0.5, 0.6) is 0 Å². The topological polar surface area (TPSA) is 133 Å². The summed E-state index contributed by atoms with van der Waals surface area (Å²) in [6.45, 7) is 4.00. The minimum absolute atomic E-state index is 0.0207. The molecule has 0 saturated heterocycles. The standard InChI is InChI=1S/C26H24N6O4S/c1-16(2)22-15-28-31-23(29-26(30-25(22)31)37(3,35)36)11-8-17-6-4-5-7-20(17)24-21-10-9-19(32(33)34)14-18(21)12-13-27-24/h4-7,9-10,12-16H,8,11H2,1-3H3. The van der Waals surface area contributed by atoms with Gasteiger partial charge in [-0.1, -0.05) is 38.1 Å². The molecule has 5 aromatic rings. The highest BCUT2D eigenvalue weighted by atomic mass is 32.2. The number of nitrogens with zero attached hydrogens (tertiary/aromatic N) is 6. The number of rotatable bonds is 7. The Bertz CT molecular complexity index is 1780. The van der Waals surface area contributed by atoms with Gasteiger partial charge >= 0.3 is 0 Å². The summed E-state index contributed by atoms with van der Waals surface area (Å²) in [4.78, 5) is 24.1. The molecule has 0 amide bonds. The molecule has 0 aliphatic heterocycles. The molecule has 0 atom stereocenters. The predicted molar refractivity (Wildman–Crippen MR) is 139 cm³/mol. The second kappa shape index (κ2) is 9.32. The predicted octanol–water partition coefficient (Wildman–Crippen LogP) is 4.56. The lowest BCUT2D eigenvalue weighted by molar-refractivity contribution is -0.384. The molecule has 0 spiro atoms. The molecule has 0 bridgehead atoms. The van der Waals surface area contributed by atoms with Crippen LogP contribution in [0, 0.1) is 10.1 Å². The molecule has 2 aromatic carbocycles. The maximum absolute atomic E-state index is 12.3. The second-order valence-electron chi connectivity index (χ2n) is 9.16. The van der Waals surface area contributed by atoms with E-state index in [2.05, 4.69) is 20.1 Å². The third-order valence-corrected chi connectivity index (χ3v) is 7.09. The van der Waals surface area contributed by atoms with Gasteiger partial charge in [-0.2, -0.15) is 10.1 Å². The molecular weight excluding hydrogens is 492 g/mol. The number of hydrogen-bond donors (Lipinski definition) is 0. The van der Waals surface area contributed by atoms with E-state index in [-0.39, 0.29) is 16.8 Å². The Balaban J connectivity index is 1.57. The smallest absolute Gasteiger partial charge is 0.258 e. The first-order valence-corrected chi connectivity index (χ1v) is 13.6. The van der Waals surface area contributed by atoms with Crippen molar-refractivity contribution >= 4 is 31.9 Å². The number of pyridine rings is 1. The maximum Gasteiger partial charge on any atom is 0.270 e. The van der Waals surface area contributed by atoms with E-state index in [9.17, 15) is 18.5 Å². The number of fused-ring (bicyclic) bond motifs is 2. The second-order valence-corrected chi connectivity index (χ2v) is 11.1. The van der Waals surface area contributed by atoms with Crippen LogP contribution < -0.4 is 0 Å². The zero-order chi connectivity index (χ0) is 26.3. The summed E-state index contributed by atoms with van der Waals surface area (Å²) in [7, 11) is -3.63. The Morgan fingerprint density at radius 3 is 2.57 bits per heavy atom. The van der Waals surface area contributed by atoms with Gasteiger partial charge in [0.25, 0.3) is 10.8 Å². The monoisotopic (exact) mass is 516 g/mol. The fourth-order valence-electron chi connectivity index (χ4n) is 4.37. The molecule has 3 heterocycles. The third-order valence-electron chi connectivity index (χ3n) is 6.24. The van der Waals surface area contributed by atoms with E-state index >= 15 is 0 Å². The third kappa shape index (κ3) is 4.65. The number of benzene rings is 2. The number of nitro benzene ring substituents is 1. The van der Waals surface area contributed by atoms with Crippen molar-refractivity contribution in [3.63, 3.8) is 0 Å². The van der Waals surface area contributed by atoms with Crippen LogP contribution in [0.2, 0.25) is 0 Å². The molecule has 10 nitrogen and oxygen atoms in total. The van der Waals surface area contributed by atoms with Gasteiger partial charge < -0.3 is 0 Å². The summed E-state index contributed by atoms with van der Waals surface area (Å²) in [5.41, 5.74) is 3.94. The molecule has 0 N–H and O–H groups in total. The van der Waals surface area contributed by atoms with Crippen LogP contribution in [-0.2, 0) is 22.7 Å². The summed E-state index contributed by atoms with van der Waals surface area (Å²) in [5.74, 6) is 0.607. The van der Waals surface area contributed by atoms with Crippen LogP contribution in [0.3, 0.4) is 0 Å². The molecule has 37 heavy (non-hydrogen) atoms. The van der Waals surface area contributed by atoms with E-state index in [4.69, 9.17) is 0 Å². The zero-order valence-electron chi connectivity index (χ0n) is 20.5. The molecule has 3 aromatic heterocycles. The minimum atomic E-state index is -3.63. The molecule has 0 aliphatic rings. The largest absolute Gasteiger partial charge is 0.270 e. The van der Waals surface area contributed by atoms with Gasteiger partial charge in [0.15, 0.2) is 5.65 Å². The lowest BCUT2D eigenvalue weighted by atomic mass is 9.96. The van der Waals surface area contributed by atoms with Gasteiger partial charge in [0.1, 0.15) is 5.82 Å². The normalized spacial score (nSPS) is 12.0. The number of non-ortho nitro benzene ring substituents is 1. The molecule has 0 radical (unpaired) electrons. The van der Waals surface area contributed by atoms with E-state index in [1.54, 1.807) is 29.0 Å². The summed E-state index contributed by atoms with van der Waals surface area (Å²) < 4.78 is 26.3. The van der Waals surface area contributed by atoms with E-state index in [1.807, 2.05) is 38.1 Å². The average Bonchev–Trinajstić information content (AvgIpc) is 3.31. The molecule has 0 unspecified atom stereocenters. The Hall–Kier alpha value is -4.25.